The van der Waals surface area contributed by atoms with Crippen molar-refractivity contribution in [3.63, 3.8) is 0 Å². The zero-order chi connectivity index (χ0) is 34.0. The molecule has 0 saturated carbocycles. The maximum Gasteiger partial charge on any atom is 0.166 e. The summed E-state index contributed by atoms with van der Waals surface area (Å²) in [6.07, 6.45) is 7.43. The molecular formula is C37H54F2N4O. The van der Waals surface area contributed by atoms with Crippen LogP contribution in [0.4, 0.5) is 14.5 Å². The molecule has 2 aromatic rings. The Bertz CT molecular complexity index is 1350. The lowest BCUT2D eigenvalue weighted by atomic mass is 9.96. The van der Waals surface area contributed by atoms with Crippen molar-refractivity contribution in [2.75, 3.05) is 5.32 Å². The molecule has 44 heavy (non-hydrogen) atoms. The molecule has 0 saturated heterocycles. The summed E-state index contributed by atoms with van der Waals surface area (Å²) >= 11 is 0. The van der Waals surface area contributed by atoms with E-state index in [9.17, 15) is 13.6 Å². The largest absolute Gasteiger partial charge is 0.339 e. The maximum atomic E-state index is 14.3. The van der Waals surface area contributed by atoms with Gasteiger partial charge in [0, 0.05) is 41.3 Å². The van der Waals surface area contributed by atoms with Crippen molar-refractivity contribution in [3.8, 4) is 0 Å². The van der Waals surface area contributed by atoms with Crippen LogP contribution in [0.15, 0.2) is 58.8 Å². The average molecular weight is 609 g/mol. The fourth-order valence-corrected chi connectivity index (χ4v) is 3.55. The van der Waals surface area contributed by atoms with Gasteiger partial charge < -0.3 is 10.7 Å². The van der Waals surface area contributed by atoms with E-state index in [0.29, 0.717) is 35.4 Å². The Labute approximate surface area is 265 Å². The van der Waals surface area contributed by atoms with Crippen molar-refractivity contribution < 1.29 is 13.6 Å². The first-order valence-corrected chi connectivity index (χ1v) is 15.5. The van der Waals surface area contributed by atoms with Crippen molar-refractivity contribution >= 4 is 34.3 Å². The van der Waals surface area contributed by atoms with E-state index in [4.69, 9.17) is 5.41 Å². The van der Waals surface area contributed by atoms with Crippen LogP contribution in [-0.4, -0.2) is 23.0 Å². The van der Waals surface area contributed by atoms with Crippen molar-refractivity contribution in [2.45, 2.75) is 102 Å². The standard InChI is InChI=1S/C30H37F2N3O.C5H11N.C2H6/c1-8-16-33-30(23(7)34-18-22(6)26-13-11-20(4)28(31)29(26)32)35-24-12-14-25(21(5)17-24)27(36)15-10-19(3)9-2;1-4(2)5(3)6;1-2/h8,11-14,16-19H,9-10,15H2,1-7H3,(H,33,35);4,6H,1-3H3;1-2H3/b16-8-,22-18+,34-23?;;. The van der Waals surface area contributed by atoms with E-state index in [1.807, 2.05) is 66.7 Å². The van der Waals surface area contributed by atoms with Crippen molar-refractivity contribution in [1.82, 2.24) is 0 Å². The topological polar surface area (TPSA) is 77.7 Å². The molecule has 0 aliphatic rings. The van der Waals surface area contributed by atoms with Gasteiger partial charge in [-0.05, 0) is 94.7 Å². The summed E-state index contributed by atoms with van der Waals surface area (Å²) in [7, 11) is 0. The van der Waals surface area contributed by atoms with Crippen molar-refractivity contribution in [1.29, 1.82) is 5.41 Å². The maximum absolute atomic E-state index is 14.3. The molecule has 1 atom stereocenters. The number of aryl methyl sites for hydroxylation is 2. The molecule has 7 heteroatoms. The summed E-state index contributed by atoms with van der Waals surface area (Å²) in [4.78, 5) is 21.6. The second kappa shape index (κ2) is 21.0. The fraction of sp³-hybridized carbons (Fsp3) is 0.459. The number of allylic oxidation sites excluding steroid dienone is 2. The Balaban J connectivity index is 0.00000206. The highest BCUT2D eigenvalue weighted by atomic mass is 19.2. The SMILES string of the molecule is C/C=C\N=C(Nc1ccc(C(=O)CCC(C)CC)c(C)c1)C(C)=N/C=C(\C)c1ccc(C)c(F)c1F.CC.CC(=N)C(C)C. The number of carbonyl (C=O) groups is 1. The number of carbonyl (C=O) groups excluding carboxylic acids is 1. The molecule has 0 aromatic heterocycles. The van der Waals surface area contributed by atoms with Gasteiger partial charge in [0.2, 0.25) is 0 Å². The van der Waals surface area contributed by atoms with Gasteiger partial charge in [-0.2, -0.15) is 0 Å². The normalized spacial score (nSPS) is 12.8. The molecule has 1 unspecified atom stereocenters. The molecular weight excluding hydrogens is 554 g/mol. The highest BCUT2D eigenvalue weighted by Gasteiger charge is 2.14. The molecule has 0 heterocycles. The lowest BCUT2D eigenvalue weighted by Gasteiger charge is -2.13. The molecule has 0 fully saturated rings. The van der Waals surface area contributed by atoms with E-state index in [1.165, 1.54) is 13.1 Å². The number of Topliss-reactive ketones (excluding diaryl/α,β-unsaturated/α-hetero) is 1. The van der Waals surface area contributed by atoms with Gasteiger partial charge in [0.25, 0.3) is 0 Å². The van der Waals surface area contributed by atoms with Crippen LogP contribution < -0.4 is 5.32 Å². The summed E-state index contributed by atoms with van der Waals surface area (Å²) in [5.74, 6) is -0.114. The first-order valence-electron chi connectivity index (χ1n) is 15.5. The number of anilines is 1. The molecule has 2 N–H and O–H groups in total. The Morgan fingerprint density at radius 1 is 0.955 bits per heavy atom. The molecule has 0 spiro atoms. The molecule has 242 valence electrons. The predicted octanol–water partition coefficient (Wildman–Crippen LogP) is 11.2. The van der Waals surface area contributed by atoms with Gasteiger partial charge in [-0.1, -0.05) is 66.2 Å². The summed E-state index contributed by atoms with van der Waals surface area (Å²) in [6, 6.07) is 8.71. The highest BCUT2D eigenvalue weighted by Crippen LogP contribution is 2.23. The molecule has 0 amide bonds. The van der Waals surface area contributed by atoms with Crippen LogP contribution in [-0.2, 0) is 0 Å². The second-order valence-corrected chi connectivity index (χ2v) is 11.0. The molecule has 0 bridgehead atoms. The number of rotatable bonds is 11. The number of hydrogen-bond donors (Lipinski definition) is 2. The Morgan fingerprint density at radius 3 is 2.07 bits per heavy atom. The Kier molecular flexibility index (Phi) is 19.3. The minimum atomic E-state index is -0.883. The van der Waals surface area contributed by atoms with Gasteiger partial charge in [0.1, 0.15) is 0 Å². The fourth-order valence-electron chi connectivity index (χ4n) is 3.55. The van der Waals surface area contributed by atoms with E-state index in [0.717, 1.165) is 35.4 Å². The van der Waals surface area contributed by atoms with E-state index in [2.05, 4.69) is 29.1 Å². The third kappa shape index (κ3) is 13.7. The van der Waals surface area contributed by atoms with Crippen LogP contribution >= 0.6 is 0 Å². The quantitative estimate of drug-likeness (QED) is 0.151. The summed E-state index contributed by atoms with van der Waals surface area (Å²) in [6.45, 7) is 22.9. The number of benzene rings is 2. The van der Waals surface area contributed by atoms with Crippen LogP contribution in [0.1, 0.15) is 116 Å². The number of nitrogens with zero attached hydrogens (tertiary/aromatic N) is 2. The predicted molar refractivity (Wildman–Crippen MR) is 188 cm³/mol. The van der Waals surface area contributed by atoms with Crippen LogP contribution in [0, 0.1) is 42.7 Å². The van der Waals surface area contributed by atoms with Gasteiger partial charge in [-0.15, -0.1) is 0 Å². The molecule has 0 aliphatic heterocycles. The van der Waals surface area contributed by atoms with Crippen molar-refractivity contribution in [2.24, 2.45) is 21.8 Å². The average Bonchev–Trinajstić information content (AvgIpc) is 3.00. The van der Waals surface area contributed by atoms with Gasteiger partial charge in [0.15, 0.2) is 23.3 Å². The third-order valence-corrected chi connectivity index (χ3v) is 7.06. The van der Waals surface area contributed by atoms with Gasteiger partial charge in [-0.25, -0.2) is 13.8 Å². The van der Waals surface area contributed by atoms with Gasteiger partial charge in [-0.3, -0.25) is 9.79 Å². The second-order valence-electron chi connectivity index (χ2n) is 11.0. The third-order valence-electron chi connectivity index (χ3n) is 7.06. The number of amidine groups is 1. The highest BCUT2D eigenvalue weighted by molar-refractivity contribution is 6.45. The van der Waals surface area contributed by atoms with E-state index in [1.54, 1.807) is 38.3 Å². The number of nitrogens with one attached hydrogen (secondary N) is 2. The summed E-state index contributed by atoms with van der Waals surface area (Å²) in [5, 5.41) is 10.2. The summed E-state index contributed by atoms with van der Waals surface area (Å²) in [5.41, 5.74) is 4.63. The van der Waals surface area contributed by atoms with Crippen LogP contribution in [0.2, 0.25) is 0 Å². The first kappa shape index (κ1) is 40.3. The zero-order valence-electron chi connectivity index (χ0n) is 29.0. The lowest BCUT2D eigenvalue weighted by molar-refractivity contribution is 0.0973. The van der Waals surface area contributed by atoms with Gasteiger partial charge in [0.05, 0.1) is 5.71 Å². The Hall–Kier alpha value is -3.74. The molecule has 5 nitrogen and oxygen atoms in total. The number of halogens is 2. The van der Waals surface area contributed by atoms with Crippen LogP contribution in [0.3, 0.4) is 0 Å². The Morgan fingerprint density at radius 2 is 1.55 bits per heavy atom. The van der Waals surface area contributed by atoms with Crippen LogP contribution in [0.5, 0.6) is 0 Å². The van der Waals surface area contributed by atoms with E-state index >= 15 is 0 Å². The minimum Gasteiger partial charge on any atom is -0.339 e. The van der Waals surface area contributed by atoms with E-state index < -0.39 is 11.6 Å². The zero-order valence-corrected chi connectivity index (χ0v) is 29.0. The number of ketones is 1. The minimum absolute atomic E-state index is 0.153. The monoisotopic (exact) mass is 608 g/mol. The summed E-state index contributed by atoms with van der Waals surface area (Å²) < 4.78 is 28.3. The molecule has 2 aromatic carbocycles. The lowest BCUT2D eigenvalue weighted by Crippen LogP contribution is -2.20. The van der Waals surface area contributed by atoms with Crippen LogP contribution in [0.25, 0.3) is 5.57 Å². The molecule has 2 rings (SSSR count). The van der Waals surface area contributed by atoms with E-state index in [-0.39, 0.29) is 16.9 Å². The molecule has 0 radical (unpaired) electrons. The number of hydrogen-bond acceptors (Lipinski definition) is 4. The first-order chi connectivity index (χ1) is 20.7. The van der Waals surface area contributed by atoms with Crippen molar-refractivity contribution in [3.05, 3.63) is 82.7 Å². The smallest absolute Gasteiger partial charge is 0.166 e. The number of aliphatic imine (C=N–C) groups is 2. The molecule has 0 aliphatic carbocycles. The van der Waals surface area contributed by atoms with Gasteiger partial charge >= 0.3 is 0 Å².